The maximum absolute atomic E-state index is 12.0. The lowest BCUT2D eigenvalue weighted by Gasteiger charge is -2.28. The fraction of sp³-hybridized carbons (Fsp3) is 0.933. The number of likely N-dealkylation sites (tertiary alicyclic amines) is 1. The van der Waals surface area contributed by atoms with Crippen molar-refractivity contribution in [3.05, 3.63) is 0 Å². The number of nitrogens with two attached hydrogens (primary N) is 1. The first kappa shape index (κ1) is 14.6. The molecule has 0 bridgehead atoms. The van der Waals surface area contributed by atoms with Gasteiger partial charge in [0.15, 0.2) is 0 Å². The zero-order chi connectivity index (χ0) is 13.5. The Bertz CT molecular complexity index is 271. The van der Waals surface area contributed by atoms with E-state index in [2.05, 4.69) is 5.32 Å². The molecule has 1 heterocycles. The van der Waals surface area contributed by atoms with Crippen LogP contribution in [0.3, 0.4) is 0 Å². The highest BCUT2D eigenvalue weighted by molar-refractivity contribution is 5.74. The number of urea groups is 1. The van der Waals surface area contributed by atoms with Crippen molar-refractivity contribution in [2.24, 2.45) is 11.7 Å². The number of nitrogens with zero attached hydrogens (tertiary/aromatic N) is 1. The Morgan fingerprint density at radius 2 is 1.74 bits per heavy atom. The molecule has 110 valence electrons. The van der Waals surface area contributed by atoms with Crippen molar-refractivity contribution < 1.29 is 4.79 Å². The van der Waals surface area contributed by atoms with Crippen LogP contribution in [-0.2, 0) is 0 Å². The van der Waals surface area contributed by atoms with Gasteiger partial charge in [-0.15, -0.1) is 0 Å². The molecule has 4 heteroatoms. The van der Waals surface area contributed by atoms with Gasteiger partial charge >= 0.3 is 6.03 Å². The second kappa shape index (κ2) is 7.73. The van der Waals surface area contributed by atoms with Crippen LogP contribution < -0.4 is 11.1 Å². The molecule has 2 amide bonds. The van der Waals surface area contributed by atoms with Crippen molar-refractivity contribution in [1.82, 2.24) is 10.2 Å². The van der Waals surface area contributed by atoms with Gasteiger partial charge in [0.25, 0.3) is 0 Å². The monoisotopic (exact) mass is 267 g/mol. The minimum Gasteiger partial charge on any atom is -0.336 e. The third kappa shape index (κ3) is 5.01. The second-order valence-corrected chi connectivity index (χ2v) is 6.23. The first-order chi connectivity index (χ1) is 9.25. The van der Waals surface area contributed by atoms with Crippen LogP contribution in [0.5, 0.6) is 0 Å². The summed E-state index contributed by atoms with van der Waals surface area (Å²) >= 11 is 0. The molecule has 1 saturated heterocycles. The first-order valence-electron chi connectivity index (χ1n) is 8.04. The van der Waals surface area contributed by atoms with Gasteiger partial charge in [0.2, 0.25) is 0 Å². The van der Waals surface area contributed by atoms with Crippen LogP contribution in [0.25, 0.3) is 0 Å². The van der Waals surface area contributed by atoms with Crippen molar-refractivity contribution in [1.29, 1.82) is 0 Å². The Labute approximate surface area is 117 Å². The van der Waals surface area contributed by atoms with Gasteiger partial charge in [-0.1, -0.05) is 32.1 Å². The van der Waals surface area contributed by atoms with Crippen molar-refractivity contribution in [3.63, 3.8) is 0 Å². The molecule has 2 aliphatic rings. The van der Waals surface area contributed by atoms with E-state index in [-0.39, 0.29) is 12.1 Å². The number of piperidine rings is 1. The van der Waals surface area contributed by atoms with Gasteiger partial charge < -0.3 is 16.0 Å². The number of amides is 2. The normalized spacial score (nSPS) is 23.1. The van der Waals surface area contributed by atoms with Crippen molar-refractivity contribution >= 4 is 6.03 Å². The Kier molecular flexibility index (Phi) is 5.95. The number of hydrogen-bond donors (Lipinski definition) is 2. The zero-order valence-corrected chi connectivity index (χ0v) is 12.1. The average Bonchev–Trinajstić information content (AvgIpc) is 2.47. The molecule has 0 spiro atoms. The molecule has 1 atom stereocenters. The van der Waals surface area contributed by atoms with Crippen molar-refractivity contribution in [2.75, 3.05) is 19.6 Å². The summed E-state index contributed by atoms with van der Waals surface area (Å²) in [5, 5.41) is 3.00. The molecule has 2 fully saturated rings. The summed E-state index contributed by atoms with van der Waals surface area (Å²) in [6.07, 6.45) is 11.4. The first-order valence-corrected chi connectivity index (χ1v) is 8.04. The van der Waals surface area contributed by atoms with Gasteiger partial charge in [-0.25, -0.2) is 4.79 Å². The van der Waals surface area contributed by atoms with Crippen LogP contribution >= 0.6 is 0 Å². The van der Waals surface area contributed by atoms with E-state index in [0.717, 1.165) is 38.3 Å². The van der Waals surface area contributed by atoms with Crippen molar-refractivity contribution in [3.8, 4) is 0 Å². The Morgan fingerprint density at radius 3 is 2.42 bits per heavy atom. The Balaban J connectivity index is 1.61. The van der Waals surface area contributed by atoms with Crippen LogP contribution in [0, 0.1) is 5.92 Å². The molecular weight excluding hydrogens is 238 g/mol. The van der Waals surface area contributed by atoms with E-state index >= 15 is 0 Å². The number of carbonyl (C=O) groups excluding carboxylic acids is 1. The maximum Gasteiger partial charge on any atom is 0.317 e. The lowest BCUT2D eigenvalue weighted by atomic mass is 9.85. The topological polar surface area (TPSA) is 58.4 Å². The summed E-state index contributed by atoms with van der Waals surface area (Å²) in [6, 6.07) is 0.204. The fourth-order valence-corrected chi connectivity index (χ4v) is 3.36. The van der Waals surface area contributed by atoms with E-state index in [0.29, 0.717) is 6.54 Å². The lowest BCUT2D eigenvalue weighted by molar-refractivity contribution is 0.185. The van der Waals surface area contributed by atoms with E-state index in [4.69, 9.17) is 5.73 Å². The second-order valence-electron chi connectivity index (χ2n) is 6.23. The average molecular weight is 267 g/mol. The lowest BCUT2D eigenvalue weighted by Crippen LogP contribution is -2.47. The third-order valence-corrected chi connectivity index (χ3v) is 4.52. The molecule has 0 radical (unpaired) electrons. The third-order valence-electron chi connectivity index (χ3n) is 4.52. The van der Waals surface area contributed by atoms with E-state index in [1.807, 2.05) is 4.90 Å². The van der Waals surface area contributed by atoms with Crippen LogP contribution in [0.15, 0.2) is 0 Å². The molecule has 0 aromatic rings. The minimum absolute atomic E-state index is 0.0822. The number of nitrogens with one attached hydrogen (secondary N) is 1. The molecule has 0 aromatic heterocycles. The number of rotatable bonds is 4. The highest BCUT2D eigenvalue weighted by atomic mass is 16.2. The number of carbonyl (C=O) groups is 1. The molecule has 2 rings (SSSR count). The van der Waals surface area contributed by atoms with Crippen LogP contribution in [0.1, 0.15) is 57.8 Å². The highest BCUT2D eigenvalue weighted by Crippen LogP contribution is 2.26. The molecule has 1 aliphatic heterocycles. The van der Waals surface area contributed by atoms with Gasteiger partial charge in [0, 0.05) is 25.7 Å². The maximum atomic E-state index is 12.0. The molecule has 19 heavy (non-hydrogen) atoms. The highest BCUT2D eigenvalue weighted by Gasteiger charge is 2.19. The molecule has 3 N–H and O–H groups in total. The van der Waals surface area contributed by atoms with Crippen molar-refractivity contribution in [2.45, 2.75) is 63.8 Å². The summed E-state index contributed by atoms with van der Waals surface area (Å²) in [6.45, 7) is 2.44. The van der Waals surface area contributed by atoms with Gasteiger partial charge in [-0.3, -0.25) is 0 Å². The minimum atomic E-state index is 0.0822. The summed E-state index contributed by atoms with van der Waals surface area (Å²) in [7, 11) is 0. The van der Waals surface area contributed by atoms with Crippen LogP contribution in [0.2, 0.25) is 0 Å². The molecule has 4 nitrogen and oxygen atoms in total. The largest absolute Gasteiger partial charge is 0.336 e. The Morgan fingerprint density at radius 1 is 1.11 bits per heavy atom. The molecule has 1 saturated carbocycles. The van der Waals surface area contributed by atoms with Crippen LogP contribution in [-0.4, -0.2) is 36.6 Å². The smallest absolute Gasteiger partial charge is 0.317 e. The van der Waals surface area contributed by atoms with E-state index in [1.165, 1.54) is 38.5 Å². The quantitative estimate of drug-likeness (QED) is 0.822. The summed E-state index contributed by atoms with van der Waals surface area (Å²) in [5.74, 6) is 0.788. The molecule has 1 aliphatic carbocycles. The molecule has 0 aromatic carbocycles. The summed E-state index contributed by atoms with van der Waals surface area (Å²) in [5.41, 5.74) is 6.15. The van der Waals surface area contributed by atoms with Gasteiger partial charge in [0.1, 0.15) is 0 Å². The predicted molar refractivity (Wildman–Crippen MR) is 78.0 cm³/mol. The van der Waals surface area contributed by atoms with E-state index in [9.17, 15) is 4.79 Å². The van der Waals surface area contributed by atoms with Crippen LogP contribution in [0.4, 0.5) is 4.79 Å². The van der Waals surface area contributed by atoms with Gasteiger partial charge in [-0.05, 0) is 31.6 Å². The zero-order valence-electron chi connectivity index (χ0n) is 12.1. The molecular formula is C15H29N3O. The molecule has 0 unspecified atom stereocenters. The summed E-state index contributed by atoms with van der Waals surface area (Å²) in [4.78, 5) is 13.9. The Hall–Kier alpha value is -0.770. The van der Waals surface area contributed by atoms with E-state index in [1.54, 1.807) is 0 Å². The van der Waals surface area contributed by atoms with Gasteiger partial charge in [-0.2, -0.15) is 0 Å². The standard InChI is InChI=1S/C15H29N3O/c16-14(11-13-7-3-1-4-8-13)12-17-15(19)18-9-5-2-6-10-18/h13-14H,1-12,16H2,(H,17,19)/t14-/m0/s1. The predicted octanol–water partition coefficient (Wildman–Crippen LogP) is 2.48. The number of hydrogen-bond acceptors (Lipinski definition) is 2. The van der Waals surface area contributed by atoms with Gasteiger partial charge in [0.05, 0.1) is 0 Å². The fourth-order valence-electron chi connectivity index (χ4n) is 3.36. The summed E-state index contributed by atoms with van der Waals surface area (Å²) < 4.78 is 0. The SMILES string of the molecule is N[C@H](CNC(=O)N1CCCCC1)CC1CCCCC1. The van der Waals surface area contributed by atoms with E-state index < -0.39 is 0 Å².